The number of ether oxygens (including phenoxy) is 1. The molecule has 0 saturated carbocycles. The van der Waals surface area contributed by atoms with E-state index in [1.54, 1.807) is 7.11 Å². The predicted molar refractivity (Wildman–Crippen MR) is 125 cm³/mol. The average molecular weight is 422 g/mol. The lowest BCUT2D eigenvalue weighted by Crippen LogP contribution is -2.48. The van der Waals surface area contributed by atoms with Crippen LogP contribution in [0.4, 0.5) is 0 Å². The lowest BCUT2D eigenvalue weighted by Gasteiger charge is -2.29. The Morgan fingerprint density at radius 3 is 2.48 bits per heavy atom. The third-order valence-corrected chi connectivity index (χ3v) is 6.93. The Hall–Kier alpha value is -2.37. The van der Waals surface area contributed by atoms with E-state index in [4.69, 9.17) is 4.74 Å². The molecule has 1 heterocycles. The van der Waals surface area contributed by atoms with Crippen LogP contribution >= 0.6 is 0 Å². The van der Waals surface area contributed by atoms with E-state index in [-0.39, 0.29) is 11.9 Å². The van der Waals surface area contributed by atoms with Gasteiger partial charge in [0.2, 0.25) is 5.91 Å². The Morgan fingerprint density at radius 1 is 1.13 bits per heavy atom. The van der Waals surface area contributed by atoms with Gasteiger partial charge in [0.05, 0.1) is 13.2 Å². The molecule has 0 unspecified atom stereocenters. The first-order chi connectivity index (χ1) is 15.0. The zero-order valence-electron chi connectivity index (χ0n) is 19.2. The van der Waals surface area contributed by atoms with E-state index in [2.05, 4.69) is 65.8 Å². The summed E-state index contributed by atoms with van der Waals surface area (Å²) < 4.78 is 5.45. The van der Waals surface area contributed by atoms with Crippen molar-refractivity contribution in [2.45, 2.75) is 64.7 Å². The molecule has 0 radical (unpaired) electrons. The number of aryl methyl sites for hydroxylation is 2. The van der Waals surface area contributed by atoms with E-state index in [0.717, 1.165) is 43.7 Å². The van der Waals surface area contributed by atoms with Crippen LogP contribution in [0, 0.1) is 13.8 Å². The second-order valence-electron chi connectivity index (χ2n) is 9.00. The van der Waals surface area contributed by atoms with E-state index in [1.165, 1.54) is 22.3 Å². The zero-order valence-corrected chi connectivity index (χ0v) is 19.2. The van der Waals surface area contributed by atoms with Crippen LogP contribution in [-0.4, -0.2) is 49.1 Å². The molecule has 166 valence electrons. The summed E-state index contributed by atoms with van der Waals surface area (Å²) in [5.41, 5.74) is 6.54. The molecule has 2 aromatic rings. The van der Waals surface area contributed by atoms with Crippen molar-refractivity contribution < 1.29 is 9.53 Å². The lowest BCUT2D eigenvalue weighted by molar-refractivity contribution is -0.126. The number of fused-ring (bicyclic) bond motifs is 1. The first-order valence-electron chi connectivity index (χ1n) is 11.5. The Balaban J connectivity index is 1.45. The van der Waals surface area contributed by atoms with Gasteiger partial charge in [-0.1, -0.05) is 30.3 Å². The summed E-state index contributed by atoms with van der Waals surface area (Å²) in [6.45, 7) is 8.61. The minimum Gasteiger partial charge on any atom is -0.496 e. The number of carbonyl (C=O) groups excluding carboxylic acids is 1. The fourth-order valence-corrected chi connectivity index (χ4v) is 5.25. The Bertz CT molecular complexity index is 917. The highest BCUT2D eigenvalue weighted by atomic mass is 16.5. The molecule has 5 heteroatoms. The van der Waals surface area contributed by atoms with Crippen molar-refractivity contribution in [2.24, 2.45) is 0 Å². The summed E-state index contributed by atoms with van der Waals surface area (Å²) in [4.78, 5) is 15.3. The van der Waals surface area contributed by atoms with Crippen LogP contribution in [0.1, 0.15) is 41.2 Å². The summed E-state index contributed by atoms with van der Waals surface area (Å²) >= 11 is 0. The van der Waals surface area contributed by atoms with Gasteiger partial charge < -0.3 is 15.4 Å². The van der Waals surface area contributed by atoms with Crippen LogP contribution in [0.25, 0.3) is 0 Å². The van der Waals surface area contributed by atoms with Crippen LogP contribution in [0.5, 0.6) is 5.75 Å². The summed E-state index contributed by atoms with van der Waals surface area (Å²) in [5.74, 6) is 1.10. The highest BCUT2D eigenvalue weighted by Gasteiger charge is 2.41. The van der Waals surface area contributed by atoms with Gasteiger partial charge in [-0.3, -0.25) is 9.69 Å². The van der Waals surface area contributed by atoms with Crippen molar-refractivity contribution in [2.75, 3.05) is 20.2 Å². The van der Waals surface area contributed by atoms with Crippen molar-refractivity contribution in [3.8, 4) is 5.75 Å². The molecule has 0 aromatic heterocycles. The molecule has 4 rings (SSSR count). The molecule has 2 N–H and O–H groups in total. The maximum atomic E-state index is 12.9. The zero-order chi connectivity index (χ0) is 22.0. The van der Waals surface area contributed by atoms with Crippen LogP contribution in [0.3, 0.4) is 0 Å². The molecule has 1 aliphatic heterocycles. The van der Waals surface area contributed by atoms with Crippen LogP contribution in [-0.2, 0) is 24.2 Å². The molecular formula is C26H35N3O2. The van der Waals surface area contributed by atoms with Gasteiger partial charge in [0, 0.05) is 31.7 Å². The van der Waals surface area contributed by atoms with Crippen molar-refractivity contribution in [1.29, 1.82) is 0 Å². The van der Waals surface area contributed by atoms with Gasteiger partial charge in [-0.2, -0.15) is 0 Å². The van der Waals surface area contributed by atoms with E-state index >= 15 is 0 Å². The normalized spacial score (nSPS) is 21.3. The summed E-state index contributed by atoms with van der Waals surface area (Å²) in [5, 5.41) is 6.81. The molecule has 1 saturated heterocycles. The monoisotopic (exact) mass is 421 g/mol. The number of likely N-dealkylation sites (N-methyl/N-ethyl adjacent to an activating group) is 1. The number of amides is 1. The van der Waals surface area contributed by atoms with Gasteiger partial charge >= 0.3 is 0 Å². The standard InChI is InChI=1S/C26H35N3O2/c1-5-27-26(30)24-14-22(28-15-21-10-18(3)25(31-4)11-17(21)2)16-29(24)23-12-19-8-6-7-9-20(19)13-23/h6-11,22-24,28H,5,12-16H2,1-4H3,(H,27,30)/t22-,24+/m1/s1. The molecule has 2 atom stereocenters. The molecule has 2 aliphatic rings. The number of likely N-dealkylation sites (tertiary alicyclic amines) is 1. The minimum absolute atomic E-state index is 0.0598. The summed E-state index contributed by atoms with van der Waals surface area (Å²) in [7, 11) is 1.72. The second kappa shape index (κ2) is 9.41. The molecule has 0 spiro atoms. The van der Waals surface area contributed by atoms with Gasteiger partial charge in [-0.15, -0.1) is 0 Å². The number of benzene rings is 2. The Morgan fingerprint density at radius 2 is 1.84 bits per heavy atom. The highest BCUT2D eigenvalue weighted by Crippen LogP contribution is 2.31. The first-order valence-corrected chi connectivity index (χ1v) is 11.5. The molecule has 1 amide bonds. The maximum Gasteiger partial charge on any atom is 0.237 e. The van der Waals surface area contributed by atoms with Gasteiger partial charge in [0.15, 0.2) is 0 Å². The van der Waals surface area contributed by atoms with E-state index in [9.17, 15) is 4.79 Å². The molecule has 5 nitrogen and oxygen atoms in total. The number of nitrogens with zero attached hydrogens (tertiary/aromatic N) is 1. The van der Waals surface area contributed by atoms with E-state index < -0.39 is 0 Å². The molecule has 2 aromatic carbocycles. The van der Waals surface area contributed by atoms with Gasteiger partial charge in [-0.25, -0.2) is 0 Å². The van der Waals surface area contributed by atoms with Crippen molar-refractivity contribution in [3.05, 3.63) is 64.2 Å². The number of methoxy groups -OCH3 is 1. The largest absolute Gasteiger partial charge is 0.496 e. The number of hydrogen-bond acceptors (Lipinski definition) is 4. The van der Waals surface area contributed by atoms with Crippen LogP contribution in [0.15, 0.2) is 36.4 Å². The third kappa shape index (κ3) is 4.63. The van der Waals surface area contributed by atoms with Crippen molar-refractivity contribution in [3.63, 3.8) is 0 Å². The molecule has 0 bridgehead atoms. The lowest BCUT2D eigenvalue weighted by atomic mass is 10.0. The number of rotatable bonds is 7. The molecule has 31 heavy (non-hydrogen) atoms. The van der Waals surface area contributed by atoms with Crippen LogP contribution < -0.4 is 15.4 Å². The third-order valence-electron chi connectivity index (χ3n) is 6.93. The van der Waals surface area contributed by atoms with Gasteiger partial charge in [-0.05, 0) is 73.9 Å². The van der Waals surface area contributed by atoms with Gasteiger partial charge in [0.1, 0.15) is 5.75 Å². The average Bonchev–Trinajstić information content (AvgIpc) is 3.38. The molecule has 1 fully saturated rings. The van der Waals surface area contributed by atoms with E-state index in [0.29, 0.717) is 18.6 Å². The summed E-state index contributed by atoms with van der Waals surface area (Å²) in [6, 6.07) is 13.7. The fraction of sp³-hybridized carbons (Fsp3) is 0.500. The number of carbonyl (C=O) groups is 1. The fourth-order valence-electron chi connectivity index (χ4n) is 5.25. The SMILES string of the molecule is CCNC(=O)[C@@H]1C[C@@H](NCc2cc(C)c(OC)cc2C)CN1C1Cc2ccccc2C1. The summed E-state index contributed by atoms with van der Waals surface area (Å²) in [6.07, 6.45) is 2.93. The number of nitrogens with one attached hydrogen (secondary N) is 2. The topological polar surface area (TPSA) is 53.6 Å². The van der Waals surface area contributed by atoms with Crippen molar-refractivity contribution >= 4 is 5.91 Å². The molecular weight excluding hydrogens is 386 g/mol. The van der Waals surface area contributed by atoms with Gasteiger partial charge in [0.25, 0.3) is 0 Å². The highest BCUT2D eigenvalue weighted by molar-refractivity contribution is 5.82. The quantitative estimate of drug-likeness (QED) is 0.721. The Kier molecular flexibility index (Phi) is 6.63. The maximum absolute atomic E-state index is 12.9. The van der Waals surface area contributed by atoms with Crippen molar-refractivity contribution in [1.82, 2.24) is 15.5 Å². The first kappa shape index (κ1) is 21.8. The van der Waals surface area contributed by atoms with E-state index in [1.807, 2.05) is 6.92 Å². The Labute approximate surface area is 186 Å². The van der Waals surface area contributed by atoms with Crippen LogP contribution in [0.2, 0.25) is 0 Å². The molecule has 1 aliphatic carbocycles. The smallest absolute Gasteiger partial charge is 0.237 e. The minimum atomic E-state index is -0.0598. The number of hydrogen-bond donors (Lipinski definition) is 2. The second-order valence-corrected chi connectivity index (χ2v) is 9.00. The predicted octanol–water partition coefficient (Wildman–Crippen LogP) is 3.15.